The molecule has 2 rings (SSSR count). The van der Waals surface area contributed by atoms with E-state index in [0.717, 1.165) is 0 Å². The highest BCUT2D eigenvalue weighted by Crippen LogP contribution is 2.23. The van der Waals surface area contributed by atoms with Crippen LogP contribution >= 0.6 is 31.9 Å². The molecule has 1 atom stereocenters. The zero-order valence-corrected chi connectivity index (χ0v) is 14.5. The molecule has 0 aliphatic carbocycles. The van der Waals surface area contributed by atoms with Crippen molar-refractivity contribution in [1.82, 2.24) is 0 Å². The van der Waals surface area contributed by atoms with Gasteiger partial charge in [-0.1, -0.05) is 6.07 Å². The van der Waals surface area contributed by atoms with Crippen LogP contribution in [0.1, 0.15) is 15.9 Å². The number of hydrogen-bond donors (Lipinski definition) is 1. The van der Waals surface area contributed by atoms with Crippen LogP contribution in [0.3, 0.4) is 0 Å². The Hall–Kier alpha value is -1.05. The van der Waals surface area contributed by atoms with Gasteiger partial charge < -0.3 is 5.11 Å². The van der Waals surface area contributed by atoms with Gasteiger partial charge in [-0.25, -0.2) is 9.18 Å². The first-order chi connectivity index (χ1) is 9.88. The minimum Gasteiger partial charge on any atom is -0.478 e. The number of benzene rings is 2. The van der Waals surface area contributed by atoms with Crippen LogP contribution in [0, 0.1) is 5.82 Å². The molecule has 0 fully saturated rings. The molecule has 110 valence electrons. The second-order valence-electron chi connectivity index (χ2n) is 4.19. The van der Waals surface area contributed by atoms with Crippen molar-refractivity contribution in [2.45, 2.75) is 10.6 Å². The Labute approximate surface area is 139 Å². The Morgan fingerprint density at radius 3 is 2.48 bits per heavy atom. The standard InChI is InChI=1S/C14H9Br2FO3S/c15-11-3-2-9(6-10(11)14(18)19)21(20)7-8-1-4-13(17)12(16)5-8/h1-6H,7H2,(H,18,19). The third-order valence-electron chi connectivity index (χ3n) is 2.71. The van der Waals surface area contributed by atoms with Crippen LogP contribution in [0.15, 0.2) is 50.2 Å². The Kier molecular flexibility index (Phi) is 5.29. The normalized spacial score (nSPS) is 12.1. The van der Waals surface area contributed by atoms with Crippen molar-refractivity contribution in [3.8, 4) is 0 Å². The molecule has 0 saturated heterocycles. The van der Waals surface area contributed by atoms with E-state index in [1.807, 2.05) is 0 Å². The molecule has 2 aromatic rings. The number of carbonyl (C=O) groups is 1. The average Bonchev–Trinajstić information content (AvgIpc) is 2.43. The van der Waals surface area contributed by atoms with Crippen LogP contribution in [0.5, 0.6) is 0 Å². The van der Waals surface area contributed by atoms with Gasteiger partial charge in [0.15, 0.2) is 0 Å². The Morgan fingerprint density at radius 2 is 1.86 bits per heavy atom. The molecule has 0 amide bonds. The summed E-state index contributed by atoms with van der Waals surface area (Å²) < 4.78 is 26.2. The van der Waals surface area contributed by atoms with E-state index in [0.29, 0.717) is 19.4 Å². The zero-order valence-electron chi connectivity index (χ0n) is 10.5. The molecule has 0 saturated carbocycles. The molecule has 1 unspecified atom stereocenters. The molecular formula is C14H9Br2FO3S. The summed E-state index contributed by atoms with van der Waals surface area (Å²) in [4.78, 5) is 11.5. The molecule has 1 N–H and O–H groups in total. The number of carboxylic acid groups (broad SMARTS) is 1. The van der Waals surface area contributed by atoms with Gasteiger partial charge in [-0.05, 0) is 67.8 Å². The fraction of sp³-hybridized carbons (Fsp3) is 0.0714. The van der Waals surface area contributed by atoms with Crippen molar-refractivity contribution >= 4 is 48.6 Å². The molecule has 7 heteroatoms. The highest BCUT2D eigenvalue weighted by atomic mass is 79.9. The smallest absolute Gasteiger partial charge is 0.336 e. The van der Waals surface area contributed by atoms with Crippen molar-refractivity contribution in [2.24, 2.45) is 0 Å². The first-order valence-corrected chi connectivity index (χ1v) is 8.64. The van der Waals surface area contributed by atoms with E-state index >= 15 is 0 Å². The molecule has 0 radical (unpaired) electrons. The first-order valence-electron chi connectivity index (χ1n) is 5.73. The third-order valence-corrected chi connectivity index (χ3v) is 5.39. The molecule has 0 bridgehead atoms. The van der Waals surface area contributed by atoms with Gasteiger partial charge in [0, 0.05) is 9.37 Å². The van der Waals surface area contributed by atoms with Crippen molar-refractivity contribution in [3.63, 3.8) is 0 Å². The summed E-state index contributed by atoms with van der Waals surface area (Å²) in [7, 11) is -1.41. The minimum atomic E-state index is -1.41. The van der Waals surface area contributed by atoms with Gasteiger partial charge in [0.05, 0.1) is 26.6 Å². The number of halogens is 3. The van der Waals surface area contributed by atoms with Gasteiger partial charge in [-0.15, -0.1) is 0 Å². The molecule has 21 heavy (non-hydrogen) atoms. The number of rotatable bonds is 4. The second kappa shape index (κ2) is 6.81. The fourth-order valence-corrected chi connectivity index (χ4v) is 3.63. The minimum absolute atomic E-state index is 0.0566. The summed E-state index contributed by atoms with van der Waals surface area (Å²) in [5, 5.41) is 9.05. The molecule has 3 nitrogen and oxygen atoms in total. The lowest BCUT2D eigenvalue weighted by Crippen LogP contribution is -2.02. The highest BCUT2D eigenvalue weighted by Gasteiger charge is 2.13. The van der Waals surface area contributed by atoms with E-state index in [9.17, 15) is 13.4 Å². The van der Waals surface area contributed by atoms with Crippen LogP contribution in [-0.4, -0.2) is 15.3 Å². The monoisotopic (exact) mass is 434 g/mol. The lowest BCUT2D eigenvalue weighted by molar-refractivity contribution is 0.0695. The average molecular weight is 436 g/mol. The molecule has 2 aromatic carbocycles. The van der Waals surface area contributed by atoms with Crippen molar-refractivity contribution in [2.75, 3.05) is 0 Å². The maximum atomic E-state index is 13.2. The van der Waals surface area contributed by atoms with Gasteiger partial charge in [-0.3, -0.25) is 4.21 Å². The SMILES string of the molecule is O=C(O)c1cc(S(=O)Cc2ccc(F)c(Br)c2)ccc1Br. The maximum Gasteiger partial charge on any atom is 0.336 e. The highest BCUT2D eigenvalue weighted by molar-refractivity contribution is 9.10. The fourth-order valence-electron chi connectivity index (χ4n) is 1.67. The van der Waals surface area contributed by atoms with Gasteiger partial charge >= 0.3 is 5.97 Å². The summed E-state index contributed by atoms with van der Waals surface area (Å²) in [6.45, 7) is 0. The van der Waals surface area contributed by atoms with Crippen molar-refractivity contribution in [1.29, 1.82) is 0 Å². The maximum absolute atomic E-state index is 13.2. The predicted molar refractivity (Wildman–Crippen MR) is 85.3 cm³/mol. The lowest BCUT2D eigenvalue weighted by atomic mass is 10.2. The summed E-state index contributed by atoms with van der Waals surface area (Å²) >= 11 is 6.21. The predicted octanol–water partition coefficient (Wildman–Crippen LogP) is 4.36. The summed E-state index contributed by atoms with van der Waals surface area (Å²) in [6.07, 6.45) is 0. The van der Waals surface area contributed by atoms with E-state index in [1.54, 1.807) is 24.3 Å². The van der Waals surface area contributed by atoms with Gasteiger partial charge in [-0.2, -0.15) is 0 Å². The molecule has 0 heterocycles. The Bertz CT molecular complexity index is 734. The van der Waals surface area contributed by atoms with Crippen molar-refractivity contribution < 1.29 is 18.5 Å². The molecule has 0 aromatic heterocycles. The Balaban J connectivity index is 2.26. The second-order valence-corrected chi connectivity index (χ2v) is 7.34. The lowest BCUT2D eigenvalue weighted by Gasteiger charge is -2.06. The Morgan fingerprint density at radius 1 is 1.14 bits per heavy atom. The van der Waals surface area contributed by atoms with Gasteiger partial charge in [0.2, 0.25) is 0 Å². The number of hydrogen-bond acceptors (Lipinski definition) is 2. The van der Waals surface area contributed by atoms with E-state index in [1.165, 1.54) is 12.1 Å². The molecule has 0 aliphatic heterocycles. The van der Waals surface area contributed by atoms with E-state index in [2.05, 4.69) is 31.9 Å². The topological polar surface area (TPSA) is 54.4 Å². The third kappa shape index (κ3) is 3.99. The van der Waals surface area contributed by atoms with Crippen molar-refractivity contribution in [3.05, 3.63) is 62.3 Å². The first kappa shape index (κ1) is 16.3. The van der Waals surface area contributed by atoms with Gasteiger partial charge in [0.1, 0.15) is 5.82 Å². The molecule has 0 spiro atoms. The number of aromatic carboxylic acids is 1. The van der Waals surface area contributed by atoms with Crippen LogP contribution in [0.4, 0.5) is 4.39 Å². The van der Waals surface area contributed by atoms with Gasteiger partial charge in [0.25, 0.3) is 0 Å². The van der Waals surface area contributed by atoms with Crippen LogP contribution in [0.25, 0.3) is 0 Å². The van der Waals surface area contributed by atoms with Crippen LogP contribution in [0.2, 0.25) is 0 Å². The van der Waals surface area contributed by atoms with E-state index in [-0.39, 0.29) is 17.1 Å². The summed E-state index contributed by atoms with van der Waals surface area (Å²) in [5.74, 6) is -1.30. The molecule has 0 aliphatic rings. The zero-order chi connectivity index (χ0) is 15.6. The van der Waals surface area contributed by atoms with Crippen LogP contribution < -0.4 is 0 Å². The quantitative estimate of drug-likeness (QED) is 0.776. The van der Waals surface area contributed by atoms with E-state index < -0.39 is 16.8 Å². The summed E-state index contributed by atoms with van der Waals surface area (Å²) in [5.41, 5.74) is 0.752. The summed E-state index contributed by atoms with van der Waals surface area (Å²) in [6, 6.07) is 8.93. The number of carboxylic acids is 1. The largest absolute Gasteiger partial charge is 0.478 e. The molecular weight excluding hydrogens is 427 g/mol. The van der Waals surface area contributed by atoms with E-state index in [4.69, 9.17) is 5.11 Å². The van der Waals surface area contributed by atoms with Crippen LogP contribution in [-0.2, 0) is 16.6 Å².